The third kappa shape index (κ3) is 4.91. The number of ketones is 1. The second kappa shape index (κ2) is 9.46. The van der Waals surface area contributed by atoms with Gasteiger partial charge in [0.25, 0.3) is 5.91 Å². The summed E-state index contributed by atoms with van der Waals surface area (Å²) in [7, 11) is 1.58. The van der Waals surface area contributed by atoms with E-state index in [0.29, 0.717) is 11.3 Å². The third-order valence-corrected chi connectivity index (χ3v) is 5.79. The summed E-state index contributed by atoms with van der Waals surface area (Å²) >= 11 is 0. The van der Waals surface area contributed by atoms with Gasteiger partial charge in [-0.2, -0.15) is 0 Å². The van der Waals surface area contributed by atoms with Crippen molar-refractivity contribution < 1.29 is 19.2 Å². The summed E-state index contributed by atoms with van der Waals surface area (Å²) < 4.78 is 5.20. The molecule has 1 amide bonds. The molecule has 1 aliphatic rings. The Morgan fingerprint density at radius 3 is 2.33 bits per heavy atom. The minimum Gasteiger partial charge on any atom is -0.497 e. The zero-order chi connectivity index (χ0) is 23.4. The van der Waals surface area contributed by atoms with Gasteiger partial charge in [0.05, 0.1) is 13.2 Å². The van der Waals surface area contributed by atoms with Crippen LogP contribution in [0.2, 0.25) is 0 Å². The number of para-hydroxylation sites is 1. The number of amides is 1. The first kappa shape index (κ1) is 22.6. The molecule has 1 aliphatic heterocycles. The number of nitrogens with one attached hydrogen (secondary N) is 1. The summed E-state index contributed by atoms with van der Waals surface area (Å²) in [5.74, 6) is 0.362. The number of nitrogens with zero attached hydrogens (tertiary/aromatic N) is 1. The van der Waals surface area contributed by atoms with E-state index in [0.717, 1.165) is 16.8 Å². The van der Waals surface area contributed by atoms with Crippen LogP contribution in [-0.4, -0.2) is 29.4 Å². The lowest BCUT2D eigenvalue weighted by Gasteiger charge is -2.33. The largest absolute Gasteiger partial charge is 0.497 e. The van der Waals surface area contributed by atoms with Crippen LogP contribution >= 0.6 is 0 Å². The van der Waals surface area contributed by atoms with Crippen LogP contribution in [-0.2, 0) is 16.2 Å². The number of hydrogen-bond acceptors (Lipinski definition) is 5. The molecular weight excluding hydrogens is 416 g/mol. The van der Waals surface area contributed by atoms with Crippen molar-refractivity contribution in [3.05, 3.63) is 95.6 Å². The highest BCUT2D eigenvalue weighted by molar-refractivity contribution is 5.98. The van der Waals surface area contributed by atoms with Crippen molar-refractivity contribution in [3.8, 4) is 5.75 Å². The number of rotatable bonds is 7. The monoisotopic (exact) mass is 444 g/mol. The van der Waals surface area contributed by atoms with E-state index < -0.39 is 11.6 Å². The molecule has 0 saturated carbocycles. The highest BCUT2D eigenvalue weighted by Crippen LogP contribution is 2.38. The molecule has 4 rings (SSSR count). The number of benzene rings is 3. The standard InChI is InChI=1S/C27H28N2O4/c1-27(2)26(31)29(33-18-19-9-5-4-6-10-19)24(22-11-7-8-12-23(22)28-27)17-25(30)20-13-15-21(32-3)16-14-20/h4-16,24,28H,17-18H2,1-3H3. The van der Waals surface area contributed by atoms with Crippen LogP contribution < -0.4 is 10.1 Å². The summed E-state index contributed by atoms with van der Waals surface area (Å²) in [5, 5.41) is 4.72. The highest BCUT2D eigenvalue weighted by Gasteiger charge is 2.42. The predicted octanol–water partition coefficient (Wildman–Crippen LogP) is 5.17. The molecule has 6 heteroatoms. The summed E-state index contributed by atoms with van der Waals surface area (Å²) in [6, 6.07) is 23.8. The van der Waals surface area contributed by atoms with Crippen molar-refractivity contribution in [2.24, 2.45) is 0 Å². The molecule has 0 saturated heterocycles. The molecule has 33 heavy (non-hydrogen) atoms. The second-order valence-electron chi connectivity index (χ2n) is 8.60. The first-order chi connectivity index (χ1) is 15.9. The maximum absolute atomic E-state index is 13.6. The summed E-state index contributed by atoms with van der Waals surface area (Å²) in [6.45, 7) is 3.86. The molecule has 3 aromatic carbocycles. The van der Waals surface area contributed by atoms with Crippen molar-refractivity contribution in [3.63, 3.8) is 0 Å². The molecule has 170 valence electrons. The van der Waals surface area contributed by atoms with Crippen LogP contribution in [0.25, 0.3) is 0 Å². The molecular formula is C27H28N2O4. The number of fused-ring (bicyclic) bond motifs is 1. The highest BCUT2D eigenvalue weighted by atomic mass is 16.7. The van der Waals surface area contributed by atoms with E-state index in [9.17, 15) is 9.59 Å². The fraction of sp³-hybridized carbons (Fsp3) is 0.259. The SMILES string of the molecule is COc1ccc(C(=O)CC2c3ccccc3NC(C)(C)C(=O)N2OCc2ccccc2)cc1. The normalized spacial score (nSPS) is 17.0. The second-order valence-corrected chi connectivity index (χ2v) is 8.60. The van der Waals surface area contributed by atoms with E-state index in [-0.39, 0.29) is 24.7 Å². The molecule has 3 aromatic rings. The maximum atomic E-state index is 13.6. The quantitative estimate of drug-likeness (QED) is 0.509. The Balaban J connectivity index is 1.69. The first-order valence-corrected chi connectivity index (χ1v) is 10.9. The Bertz CT molecular complexity index is 1130. The van der Waals surface area contributed by atoms with E-state index in [1.165, 1.54) is 5.06 Å². The molecule has 1 heterocycles. The van der Waals surface area contributed by atoms with Crippen molar-refractivity contribution in [1.29, 1.82) is 0 Å². The Hall–Kier alpha value is -3.64. The predicted molar refractivity (Wildman–Crippen MR) is 127 cm³/mol. The lowest BCUT2D eigenvalue weighted by molar-refractivity contribution is -0.209. The Morgan fingerprint density at radius 2 is 1.64 bits per heavy atom. The van der Waals surface area contributed by atoms with Gasteiger partial charge in [-0.25, -0.2) is 5.06 Å². The van der Waals surface area contributed by atoms with Gasteiger partial charge in [-0.05, 0) is 49.7 Å². The van der Waals surface area contributed by atoms with E-state index in [1.807, 2.05) is 68.4 Å². The van der Waals surface area contributed by atoms with Gasteiger partial charge in [0.2, 0.25) is 0 Å². The van der Waals surface area contributed by atoms with Gasteiger partial charge in [-0.1, -0.05) is 48.5 Å². The molecule has 0 aromatic heterocycles. The number of anilines is 1. The molecule has 0 bridgehead atoms. The van der Waals surface area contributed by atoms with Crippen LogP contribution in [0.1, 0.15) is 47.8 Å². The third-order valence-electron chi connectivity index (χ3n) is 5.79. The Labute approximate surface area is 194 Å². The number of methoxy groups -OCH3 is 1. The first-order valence-electron chi connectivity index (χ1n) is 10.9. The Morgan fingerprint density at radius 1 is 0.970 bits per heavy atom. The number of carbonyl (C=O) groups is 2. The average Bonchev–Trinajstić information content (AvgIpc) is 2.91. The number of hydrogen-bond donors (Lipinski definition) is 1. The summed E-state index contributed by atoms with van der Waals surface area (Å²) in [5.41, 5.74) is 2.24. The van der Waals surface area contributed by atoms with Gasteiger partial charge < -0.3 is 10.1 Å². The zero-order valence-electron chi connectivity index (χ0n) is 19.1. The molecule has 0 radical (unpaired) electrons. The van der Waals surface area contributed by atoms with Crippen LogP contribution in [0, 0.1) is 0 Å². The van der Waals surface area contributed by atoms with Crippen molar-refractivity contribution in [1.82, 2.24) is 5.06 Å². The molecule has 1 N–H and O–H groups in total. The van der Waals surface area contributed by atoms with E-state index in [1.54, 1.807) is 31.4 Å². The van der Waals surface area contributed by atoms with Crippen LogP contribution in [0.15, 0.2) is 78.9 Å². The topological polar surface area (TPSA) is 67.9 Å². The van der Waals surface area contributed by atoms with Gasteiger partial charge in [-0.3, -0.25) is 14.4 Å². The maximum Gasteiger partial charge on any atom is 0.271 e. The van der Waals surface area contributed by atoms with Gasteiger partial charge in [0.15, 0.2) is 5.78 Å². The van der Waals surface area contributed by atoms with E-state index >= 15 is 0 Å². The fourth-order valence-electron chi connectivity index (χ4n) is 3.97. The van der Waals surface area contributed by atoms with Crippen LogP contribution in [0.5, 0.6) is 5.75 Å². The average molecular weight is 445 g/mol. The lowest BCUT2D eigenvalue weighted by Crippen LogP contribution is -2.49. The number of Topliss-reactive ketones (excluding diaryl/α,β-unsaturated/α-hetero) is 1. The summed E-state index contributed by atoms with van der Waals surface area (Å²) in [6.07, 6.45) is 0.0850. The van der Waals surface area contributed by atoms with Crippen molar-refractivity contribution in [2.45, 2.75) is 38.5 Å². The van der Waals surface area contributed by atoms with Gasteiger partial charge in [-0.15, -0.1) is 0 Å². The van der Waals surface area contributed by atoms with Gasteiger partial charge in [0.1, 0.15) is 17.9 Å². The van der Waals surface area contributed by atoms with Gasteiger partial charge >= 0.3 is 0 Å². The fourth-order valence-corrected chi connectivity index (χ4v) is 3.97. The van der Waals surface area contributed by atoms with Crippen molar-refractivity contribution in [2.75, 3.05) is 12.4 Å². The number of ether oxygens (including phenoxy) is 1. The summed E-state index contributed by atoms with van der Waals surface area (Å²) in [4.78, 5) is 33.0. The molecule has 6 nitrogen and oxygen atoms in total. The molecule has 0 fully saturated rings. The molecule has 1 unspecified atom stereocenters. The van der Waals surface area contributed by atoms with Crippen LogP contribution in [0.4, 0.5) is 5.69 Å². The Kier molecular flexibility index (Phi) is 6.47. The number of carbonyl (C=O) groups excluding carboxylic acids is 2. The van der Waals surface area contributed by atoms with Gasteiger partial charge in [0, 0.05) is 23.2 Å². The van der Waals surface area contributed by atoms with E-state index in [2.05, 4.69) is 5.32 Å². The molecule has 1 atom stereocenters. The van der Waals surface area contributed by atoms with Crippen LogP contribution in [0.3, 0.4) is 0 Å². The molecule has 0 spiro atoms. The number of hydroxylamine groups is 2. The smallest absolute Gasteiger partial charge is 0.271 e. The minimum absolute atomic E-state index is 0.0849. The van der Waals surface area contributed by atoms with Crippen molar-refractivity contribution >= 4 is 17.4 Å². The molecule has 0 aliphatic carbocycles. The lowest BCUT2D eigenvalue weighted by atomic mass is 9.96. The van der Waals surface area contributed by atoms with E-state index in [4.69, 9.17) is 9.57 Å². The zero-order valence-corrected chi connectivity index (χ0v) is 19.1. The minimum atomic E-state index is -0.912.